The van der Waals surface area contributed by atoms with Gasteiger partial charge in [0.1, 0.15) is 11.4 Å². The summed E-state index contributed by atoms with van der Waals surface area (Å²) in [5.41, 5.74) is 4.14. The number of allylic oxidation sites excluding steroid dienone is 1. The van der Waals surface area contributed by atoms with Crippen molar-refractivity contribution in [2.75, 3.05) is 12.4 Å². The Balaban J connectivity index is 1.48. The smallest absolute Gasteiger partial charge is 0.272 e. The molecule has 0 radical (unpaired) electrons. The van der Waals surface area contributed by atoms with Gasteiger partial charge in [-0.1, -0.05) is 60.7 Å². The lowest BCUT2D eigenvalue weighted by molar-refractivity contribution is -0.113. The van der Waals surface area contributed by atoms with Crippen LogP contribution in [0.5, 0.6) is 5.75 Å². The molecule has 4 rings (SSSR count). The molecule has 0 aliphatic heterocycles. The van der Waals surface area contributed by atoms with E-state index in [1.54, 1.807) is 67.8 Å². The highest BCUT2D eigenvalue weighted by Gasteiger charge is 2.16. The normalized spacial score (nSPS) is 11.2. The van der Waals surface area contributed by atoms with E-state index in [0.717, 1.165) is 22.4 Å². The second kappa shape index (κ2) is 12.8. The summed E-state index contributed by atoms with van der Waals surface area (Å²) in [6, 6.07) is 30.2. The SMILES string of the molecule is COc1ccc(/C=C/C(=O)c2ccc(NC(=O)/C(=C/c3ccccc3C)NC(=O)c3ccccc3)cc2)cc1. The Labute approximate surface area is 227 Å². The Bertz CT molecular complexity index is 1520. The van der Waals surface area contributed by atoms with Gasteiger partial charge in [-0.15, -0.1) is 0 Å². The molecule has 0 fully saturated rings. The molecule has 39 heavy (non-hydrogen) atoms. The lowest BCUT2D eigenvalue weighted by atomic mass is 10.1. The van der Waals surface area contributed by atoms with Crippen LogP contribution in [0, 0.1) is 6.92 Å². The van der Waals surface area contributed by atoms with Crippen molar-refractivity contribution >= 4 is 35.4 Å². The number of rotatable bonds is 9. The molecule has 0 saturated carbocycles. The molecule has 0 unspecified atom stereocenters. The van der Waals surface area contributed by atoms with Crippen molar-refractivity contribution in [3.63, 3.8) is 0 Å². The van der Waals surface area contributed by atoms with Crippen LogP contribution in [0.3, 0.4) is 0 Å². The van der Waals surface area contributed by atoms with Crippen molar-refractivity contribution in [1.82, 2.24) is 5.32 Å². The van der Waals surface area contributed by atoms with E-state index >= 15 is 0 Å². The third-order valence-corrected chi connectivity index (χ3v) is 5.99. The molecule has 0 aliphatic rings. The summed E-state index contributed by atoms with van der Waals surface area (Å²) in [4.78, 5) is 38.7. The number of carbonyl (C=O) groups excluding carboxylic acids is 3. The number of hydrogen-bond donors (Lipinski definition) is 2. The van der Waals surface area contributed by atoms with Gasteiger partial charge in [0.05, 0.1) is 7.11 Å². The minimum absolute atomic E-state index is 0.0979. The monoisotopic (exact) mass is 516 g/mol. The molecule has 4 aromatic carbocycles. The average molecular weight is 517 g/mol. The van der Waals surface area contributed by atoms with Crippen molar-refractivity contribution in [2.45, 2.75) is 6.92 Å². The molecule has 0 heterocycles. The topological polar surface area (TPSA) is 84.5 Å². The van der Waals surface area contributed by atoms with Crippen LogP contribution in [-0.2, 0) is 4.79 Å². The van der Waals surface area contributed by atoms with Crippen LogP contribution >= 0.6 is 0 Å². The van der Waals surface area contributed by atoms with Crippen LogP contribution in [-0.4, -0.2) is 24.7 Å². The first kappa shape index (κ1) is 26.8. The molecule has 2 amide bonds. The van der Waals surface area contributed by atoms with Crippen molar-refractivity contribution in [1.29, 1.82) is 0 Å². The first-order valence-electron chi connectivity index (χ1n) is 12.3. The number of benzene rings is 4. The maximum atomic E-state index is 13.2. The first-order chi connectivity index (χ1) is 18.9. The molecule has 2 N–H and O–H groups in total. The van der Waals surface area contributed by atoms with E-state index in [2.05, 4.69) is 10.6 Å². The fourth-order valence-corrected chi connectivity index (χ4v) is 3.75. The Kier molecular flexibility index (Phi) is 8.83. The molecule has 4 aromatic rings. The van der Waals surface area contributed by atoms with E-state index in [0.29, 0.717) is 16.8 Å². The van der Waals surface area contributed by atoms with Gasteiger partial charge in [-0.25, -0.2) is 0 Å². The summed E-state index contributed by atoms with van der Waals surface area (Å²) >= 11 is 0. The van der Waals surface area contributed by atoms with Crippen molar-refractivity contribution in [2.24, 2.45) is 0 Å². The highest BCUT2D eigenvalue weighted by Crippen LogP contribution is 2.16. The second-order valence-corrected chi connectivity index (χ2v) is 8.74. The molecule has 0 aliphatic carbocycles. The Hall–Kier alpha value is -5.23. The van der Waals surface area contributed by atoms with E-state index in [4.69, 9.17) is 4.74 Å². The van der Waals surface area contributed by atoms with Gasteiger partial charge in [0, 0.05) is 16.8 Å². The Morgan fingerprint density at radius 3 is 2.08 bits per heavy atom. The number of carbonyl (C=O) groups is 3. The van der Waals surface area contributed by atoms with Crippen molar-refractivity contribution < 1.29 is 19.1 Å². The maximum absolute atomic E-state index is 13.2. The number of hydrogen-bond acceptors (Lipinski definition) is 4. The third kappa shape index (κ3) is 7.40. The van der Waals surface area contributed by atoms with E-state index < -0.39 is 11.8 Å². The number of anilines is 1. The van der Waals surface area contributed by atoms with Crippen LogP contribution in [0.4, 0.5) is 5.69 Å². The van der Waals surface area contributed by atoms with Crippen LogP contribution in [0.25, 0.3) is 12.2 Å². The lowest BCUT2D eigenvalue weighted by Gasteiger charge is -2.12. The minimum atomic E-state index is -0.485. The van der Waals surface area contributed by atoms with E-state index in [1.165, 1.54) is 6.08 Å². The molecule has 0 atom stereocenters. The number of amides is 2. The lowest BCUT2D eigenvalue weighted by Crippen LogP contribution is -2.30. The number of ether oxygens (including phenoxy) is 1. The van der Waals surface area contributed by atoms with E-state index in [1.807, 2.05) is 61.5 Å². The van der Waals surface area contributed by atoms with Crippen LogP contribution < -0.4 is 15.4 Å². The van der Waals surface area contributed by atoms with Gasteiger partial charge in [-0.05, 0) is 84.3 Å². The second-order valence-electron chi connectivity index (χ2n) is 8.74. The highest BCUT2D eigenvalue weighted by molar-refractivity contribution is 6.11. The predicted octanol–water partition coefficient (Wildman–Crippen LogP) is 6.31. The Morgan fingerprint density at radius 2 is 1.41 bits per heavy atom. The fourth-order valence-electron chi connectivity index (χ4n) is 3.75. The molecule has 0 saturated heterocycles. The zero-order valence-corrected chi connectivity index (χ0v) is 21.7. The largest absolute Gasteiger partial charge is 0.497 e. The zero-order valence-electron chi connectivity index (χ0n) is 21.7. The Morgan fingerprint density at radius 1 is 0.744 bits per heavy atom. The summed E-state index contributed by atoms with van der Waals surface area (Å²) < 4.78 is 5.15. The van der Waals surface area contributed by atoms with Gasteiger partial charge in [0.2, 0.25) is 0 Å². The molecule has 0 bridgehead atoms. The number of aryl methyl sites for hydroxylation is 1. The fraction of sp³-hybridized carbons (Fsp3) is 0.0606. The van der Waals surface area contributed by atoms with E-state index in [-0.39, 0.29) is 11.5 Å². The van der Waals surface area contributed by atoms with Crippen molar-refractivity contribution in [3.8, 4) is 5.75 Å². The molecule has 0 spiro atoms. The van der Waals surface area contributed by atoms with Crippen LogP contribution in [0.1, 0.15) is 37.4 Å². The predicted molar refractivity (Wildman–Crippen MR) is 154 cm³/mol. The van der Waals surface area contributed by atoms with E-state index in [9.17, 15) is 14.4 Å². The first-order valence-corrected chi connectivity index (χ1v) is 12.3. The molecule has 194 valence electrons. The number of ketones is 1. The third-order valence-electron chi connectivity index (χ3n) is 5.99. The van der Waals surface area contributed by atoms with Gasteiger partial charge >= 0.3 is 0 Å². The standard InChI is InChI=1S/C33H28N2O4/c1-23-8-6-7-11-27(23)22-30(35-32(37)26-9-4-3-5-10-26)33(38)34-28-17-15-25(16-18-28)31(36)21-14-24-12-19-29(39-2)20-13-24/h3-22H,1-2H3,(H,34,38)(H,35,37)/b21-14+,30-22-. The quantitative estimate of drug-likeness (QED) is 0.202. The van der Waals surface area contributed by atoms with Gasteiger partial charge in [-0.3, -0.25) is 14.4 Å². The molecular weight excluding hydrogens is 488 g/mol. The molecular formula is C33H28N2O4. The van der Waals surface area contributed by atoms with Gasteiger partial charge < -0.3 is 15.4 Å². The van der Waals surface area contributed by atoms with Gasteiger partial charge in [0.15, 0.2) is 5.78 Å². The minimum Gasteiger partial charge on any atom is -0.497 e. The van der Waals surface area contributed by atoms with Gasteiger partial charge in [-0.2, -0.15) is 0 Å². The summed E-state index contributed by atoms with van der Waals surface area (Å²) in [5.74, 6) is -0.303. The number of nitrogens with one attached hydrogen (secondary N) is 2. The maximum Gasteiger partial charge on any atom is 0.272 e. The van der Waals surface area contributed by atoms with Gasteiger partial charge in [0.25, 0.3) is 11.8 Å². The highest BCUT2D eigenvalue weighted by atomic mass is 16.5. The van der Waals surface area contributed by atoms with Crippen molar-refractivity contribution in [3.05, 3.63) is 143 Å². The zero-order chi connectivity index (χ0) is 27.6. The molecule has 6 heteroatoms. The number of methoxy groups -OCH3 is 1. The summed E-state index contributed by atoms with van der Waals surface area (Å²) in [6.45, 7) is 1.93. The summed E-state index contributed by atoms with van der Waals surface area (Å²) in [5, 5.41) is 5.55. The van der Waals surface area contributed by atoms with Crippen LogP contribution in [0.15, 0.2) is 115 Å². The average Bonchev–Trinajstić information content (AvgIpc) is 2.97. The molecule has 0 aromatic heterocycles. The summed E-state index contributed by atoms with van der Waals surface area (Å²) in [7, 11) is 1.60. The van der Waals surface area contributed by atoms with Crippen LogP contribution in [0.2, 0.25) is 0 Å². The molecule has 6 nitrogen and oxygen atoms in total. The summed E-state index contributed by atoms with van der Waals surface area (Å²) in [6.07, 6.45) is 4.88.